The molecule has 0 saturated heterocycles. The molecule has 0 saturated carbocycles. The second kappa shape index (κ2) is 8.42. The smallest absolute Gasteiger partial charge is 0.305 e. The number of amides is 1. The topological polar surface area (TPSA) is 114 Å². The van der Waals surface area contributed by atoms with Crippen molar-refractivity contribution in [2.45, 2.75) is 12.5 Å². The number of para-hydroxylation sites is 1. The fourth-order valence-corrected chi connectivity index (χ4v) is 2.80. The lowest BCUT2D eigenvalue weighted by Crippen LogP contribution is -2.31. The SMILES string of the molecule is COc1ccc(C(CC(=O)O)NC(=O)c2cc(O)n(-c3ccccc3)n2)c(F)c1. The number of methoxy groups -OCH3 is 1. The van der Waals surface area contributed by atoms with Crippen LogP contribution in [0.2, 0.25) is 0 Å². The minimum atomic E-state index is -1.22. The maximum atomic E-state index is 14.4. The van der Waals surface area contributed by atoms with Crippen molar-refractivity contribution in [3.8, 4) is 17.3 Å². The molecule has 1 amide bonds. The van der Waals surface area contributed by atoms with E-state index in [2.05, 4.69) is 10.4 Å². The largest absolute Gasteiger partial charge is 0.497 e. The molecule has 0 fully saturated rings. The van der Waals surface area contributed by atoms with E-state index in [-0.39, 0.29) is 22.9 Å². The van der Waals surface area contributed by atoms with E-state index in [1.54, 1.807) is 30.3 Å². The Hall–Kier alpha value is -3.88. The van der Waals surface area contributed by atoms with E-state index < -0.39 is 30.2 Å². The number of carbonyl (C=O) groups excluding carboxylic acids is 1. The Labute approximate surface area is 165 Å². The summed E-state index contributed by atoms with van der Waals surface area (Å²) in [5.74, 6) is -2.70. The van der Waals surface area contributed by atoms with E-state index in [1.165, 1.54) is 19.2 Å². The number of carboxylic acids is 1. The molecule has 1 heterocycles. The van der Waals surface area contributed by atoms with E-state index in [1.807, 2.05) is 0 Å². The number of benzene rings is 2. The molecule has 1 aromatic heterocycles. The van der Waals surface area contributed by atoms with Crippen molar-refractivity contribution < 1.29 is 28.9 Å². The summed E-state index contributed by atoms with van der Waals surface area (Å²) in [6.07, 6.45) is -0.541. The number of carbonyl (C=O) groups is 2. The van der Waals surface area contributed by atoms with Crippen LogP contribution in [-0.4, -0.2) is 39.0 Å². The molecule has 1 atom stereocenters. The normalized spacial score (nSPS) is 11.7. The second-order valence-corrected chi connectivity index (χ2v) is 6.15. The van der Waals surface area contributed by atoms with Gasteiger partial charge in [0.1, 0.15) is 11.6 Å². The number of aromatic hydroxyl groups is 1. The van der Waals surface area contributed by atoms with Gasteiger partial charge in [-0.05, 0) is 18.2 Å². The molecule has 0 spiro atoms. The minimum absolute atomic E-state index is 0.00624. The molecular weight excluding hydrogens is 381 g/mol. The summed E-state index contributed by atoms with van der Waals surface area (Å²) in [7, 11) is 1.38. The first kappa shape index (κ1) is 19.9. The van der Waals surface area contributed by atoms with Crippen LogP contribution in [0.5, 0.6) is 11.6 Å². The average molecular weight is 399 g/mol. The molecule has 3 rings (SSSR count). The molecule has 0 aliphatic rings. The standard InChI is InChI=1S/C20H18FN3O5/c1-29-13-7-8-14(15(21)9-13)16(11-19(26)27)22-20(28)17-10-18(25)24(23-17)12-5-3-2-4-6-12/h2-10,16,25H,11H2,1H3,(H,22,28)(H,26,27). The third-order valence-electron chi connectivity index (χ3n) is 4.19. The summed E-state index contributed by atoms with van der Waals surface area (Å²) in [5.41, 5.74) is 0.385. The van der Waals surface area contributed by atoms with E-state index >= 15 is 0 Å². The zero-order valence-electron chi connectivity index (χ0n) is 15.4. The Balaban J connectivity index is 1.87. The van der Waals surface area contributed by atoms with Crippen molar-refractivity contribution in [1.82, 2.24) is 15.1 Å². The van der Waals surface area contributed by atoms with Crippen molar-refractivity contribution in [3.05, 3.63) is 71.7 Å². The first-order valence-electron chi connectivity index (χ1n) is 8.59. The van der Waals surface area contributed by atoms with Gasteiger partial charge >= 0.3 is 5.97 Å². The average Bonchev–Trinajstić information content (AvgIpc) is 3.09. The van der Waals surface area contributed by atoms with Gasteiger partial charge in [0.05, 0.1) is 25.3 Å². The molecule has 0 radical (unpaired) electrons. The van der Waals surface area contributed by atoms with Gasteiger partial charge in [-0.1, -0.05) is 24.3 Å². The minimum Gasteiger partial charge on any atom is -0.497 e. The summed E-state index contributed by atoms with van der Waals surface area (Å²) in [6.45, 7) is 0. The Morgan fingerprint density at radius 2 is 1.93 bits per heavy atom. The fraction of sp³-hybridized carbons (Fsp3) is 0.150. The zero-order chi connectivity index (χ0) is 21.0. The molecule has 0 bridgehead atoms. The Bertz CT molecular complexity index is 1040. The summed E-state index contributed by atoms with van der Waals surface area (Å²) in [6, 6.07) is 12.6. The summed E-state index contributed by atoms with van der Waals surface area (Å²) >= 11 is 0. The van der Waals surface area contributed by atoms with Crippen LogP contribution in [0.25, 0.3) is 5.69 Å². The highest BCUT2D eigenvalue weighted by Gasteiger charge is 2.24. The van der Waals surface area contributed by atoms with Crippen molar-refractivity contribution in [3.63, 3.8) is 0 Å². The van der Waals surface area contributed by atoms with E-state index in [9.17, 15) is 19.1 Å². The molecule has 0 aliphatic carbocycles. The highest BCUT2D eigenvalue weighted by molar-refractivity contribution is 5.93. The molecule has 9 heteroatoms. The maximum absolute atomic E-state index is 14.4. The number of hydrogen-bond acceptors (Lipinski definition) is 5. The monoisotopic (exact) mass is 399 g/mol. The number of hydrogen-bond donors (Lipinski definition) is 3. The van der Waals surface area contributed by atoms with Crippen LogP contribution >= 0.6 is 0 Å². The summed E-state index contributed by atoms with van der Waals surface area (Å²) < 4.78 is 20.5. The van der Waals surface area contributed by atoms with E-state index in [0.717, 1.165) is 16.8 Å². The molecule has 0 aliphatic heterocycles. The molecule has 150 valence electrons. The van der Waals surface area contributed by atoms with Crippen LogP contribution in [0, 0.1) is 5.82 Å². The third kappa shape index (κ3) is 4.52. The van der Waals surface area contributed by atoms with Crippen molar-refractivity contribution >= 4 is 11.9 Å². The quantitative estimate of drug-likeness (QED) is 0.563. The second-order valence-electron chi connectivity index (χ2n) is 6.15. The summed E-state index contributed by atoms with van der Waals surface area (Å²) in [5, 5.41) is 25.8. The van der Waals surface area contributed by atoms with Crippen LogP contribution in [0.15, 0.2) is 54.6 Å². The fourth-order valence-electron chi connectivity index (χ4n) is 2.80. The number of ether oxygens (including phenoxy) is 1. The van der Waals surface area contributed by atoms with Crippen LogP contribution < -0.4 is 10.1 Å². The van der Waals surface area contributed by atoms with Crippen molar-refractivity contribution in [2.24, 2.45) is 0 Å². The Morgan fingerprint density at radius 3 is 2.55 bits per heavy atom. The number of halogens is 1. The number of aliphatic carboxylic acids is 1. The van der Waals surface area contributed by atoms with Crippen LogP contribution in [-0.2, 0) is 4.79 Å². The van der Waals surface area contributed by atoms with Gasteiger partial charge in [-0.15, -0.1) is 0 Å². The Morgan fingerprint density at radius 1 is 1.21 bits per heavy atom. The Kier molecular flexibility index (Phi) is 5.77. The van der Waals surface area contributed by atoms with E-state index in [0.29, 0.717) is 5.69 Å². The lowest BCUT2D eigenvalue weighted by atomic mass is 10.0. The summed E-state index contributed by atoms with van der Waals surface area (Å²) in [4.78, 5) is 23.8. The van der Waals surface area contributed by atoms with Gasteiger partial charge in [-0.25, -0.2) is 9.07 Å². The van der Waals surface area contributed by atoms with Crippen LogP contribution in [0.1, 0.15) is 28.5 Å². The van der Waals surface area contributed by atoms with Crippen LogP contribution in [0.3, 0.4) is 0 Å². The van der Waals surface area contributed by atoms with Gasteiger partial charge in [0.25, 0.3) is 5.91 Å². The zero-order valence-corrected chi connectivity index (χ0v) is 15.4. The molecule has 2 aromatic carbocycles. The highest BCUT2D eigenvalue weighted by atomic mass is 19.1. The number of nitrogens with zero attached hydrogens (tertiary/aromatic N) is 2. The highest BCUT2D eigenvalue weighted by Crippen LogP contribution is 2.25. The van der Waals surface area contributed by atoms with Gasteiger partial charge in [-0.3, -0.25) is 9.59 Å². The molecule has 3 N–H and O–H groups in total. The van der Waals surface area contributed by atoms with Gasteiger partial charge in [0.2, 0.25) is 5.88 Å². The molecule has 29 heavy (non-hydrogen) atoms. The number of aromatic nitrogens is 2. The predicted molar refractivity (Wildman–Crippen MR) is 101 cm³/mol. The number of nitrogens with one attached hydrogen (secondary N) is 1. The lowest BCUT2D eigenvalue weighted by Gasteiger charge is -2.18. The molecular formula is C20H18FN3O5. The van der Waals surface area contributed by atoms with Crippen LogP contribution in [0.4, 0.5) is 4.39 Å². The van der Waals surface area contributed by atoms with E-state index in [4.69, 9.17) is 9.84 Å². The van der Waals surface area contributed by atoms with Crippen molar-refractivity contribution in [1.29, 1.82) is 0 Å². The number of rotatable bonds is 7. The van der Waals surface area contributed by atoms with Gasteiger partial charge in [0.15, 0.2) is 5.69 Å². The first-order chi connectivity index (χ1) is 13.9. The third-order valence-corrected chi connectivity index (χ3v) is 4.19. The lowest BCUT2D eigenvalue weighted by molar-refractivity contribution is -0.137. The molecule has 3 aromatic rings. The van der Waals surface area contributed by atoms with Crippen molar-refractivity contribution in [2.75, 3.05) is 7.11 Å². The molecule has 1 unspecified atom stereocenters. The van der Waals surface area contributed by atoms with Gasteiger partial charge in [-0.2, -0.15) is 5.10 Å². The molecule has 8 nitrogen and oxygen atoms in total. The number of carboxylic acid groups (broad SMARTS) is 1. The van der Waals surface area contributed by atoms with Gasteiger partial charge < -0.3 is 20.3 Å². The maximum Gasteiger partial charge on any atom is 0.305 e. The van der Waals surface area contributed by atoms with Gasteiger partial charge in [0, 0.05) is 17.7 Å². The first-order valence-corrected chi connectivity index (χ1v) is 8.59. The predicted octanol–water partition coefficient (Wildman–Crippen LogP) is 2.67.